The molecule has 0 atom stereocenters. The molecule has 0 bridgehead atoms. The van der Waals surface area contributed by atoms with Gasteiger partial charge in [-0.1, -0.05) is 6.07 Å². The average molecular weight is 388 g/mol. The van der Waals surface area contributed by atoms with Crippen LogP contribution in [0.5, 0.6) is 0 Å². The van der Waals surface area contributed by atoms with Crippen LogP contribution in [-0.4, -0.2) is 33.3 Å². The summed E-state index contributed by atoms with van der Waals surface area (Å²) in [5.74, 6) is -1.25. The van der Waals surface area contributed by atoms with E-state index in [-0.39, 0.29) is 46.5 Å². The topological polar surface area (TPSA) is 110 Å². The van der Waals surface area contributed by atoms with Crippen LogP contribution in [0.2, 0.25) is 0 Å². The lowest BCUT2D eigenvalue weighted by molar-refractivity contribution is -0.121. The third-order valence-electron chi connectivity index (χ3n) is 4.00. The number of amides is 2. The molecule has 140 valence electrons. The molecule has 0 aromatic heterocycles. The summed E-state index contributed by atoms with van der Waals surface area (Å²) in [6.07, 6.45) is 0.223. The van der Waals surface area contributed by atoms with E-state index < -0.39 is 16.0 Å². The Morgan fingerprint density at radius 1 is 1.04 bits per heavy atom. The molecule has 1 aliphatic heterocycles. The van der Waals surface area contributed by atoms with E-state index in [0.717, 1.165) is 4.90 Å². The lowest BCUT2D eigenvalue weighted by Gasteiger charge is -2.15. The number of imide groups is 1. The van der Waals surface area contributed by atoms with Gasteiger partial charge < -0.3 is 4.74 Å². The number of nitrogens with one attached hydrogen (secondary N) is 1. The average Bonchev–Trinajstić information content (AvgIpc) is 3.00. The summed E-state index contributed by atoms with van der Waals surface area (Å²) >= 11 is 0. The summed E-state index contributed by atoms with van der Waals surface area (Å²) in [5.41, 5.74) is 0.751. The molecule has 2 aromatic carbocycles. The molecule has 1 N–H and O–H groups in total. The first-order valence-corrected chi connectivity index (χ1v) is 9.47. The van der Waals surface area contributed by atoms with E-state index >= 15 is 0 Å². The molecule has 9 heteroatoms. The van der Waals surface area contributed by atoms with Gasteiger partial charge in [0.1, 0.15) is 0 Å². The largest absolute Gasteiger partial charge is 0.465 e. The third kappa shape index (κ3) is 3.82. The maximum absolute atomic E-state index is 12.6. The molecule has 0 saturated carbocycles. The predicted molar refractivity (Wildman–Crippen MR) is 96.8 cm³/mol. The quantitative estimate of drug-likeness (QED) is 0.619. The van der Waals surface area contributed by atoms with Crippen LogP contribution < -0.4 is 9.62 Å². The van der Waals surface area contributed by atoms with Crippen molar-refractivity contribution in [2.45, 2.75) is 17.7 Å². The molecule has 1 aliphatic rings. The van der Waals surface area contributed by atoms with Crippen molar-refractivity contribution in [1.29, 1.82) is 0 Å². The number of anilines is 2. The van der Waals surface area contributed by atoms with Crippen LogP contribution in [0.15, 0.2) is 53.4 Å². The van der Waals surface area contributed by atoms with Crippen molar-refractivity contribution in [3.8, 4) is 0 Å². The van der Waals surface area contributed by atoms with Crippen molar-refractivity contribution < 1.29 is 27.5 Å². The number of sulfonamides is 1. The number of hydrogen-bond donors (Lipinski definition) is 1. The number of ether oxygens (including phenoxy) is 1. The summed E-state index contributed by atoms with van der Waals surface area (Å²) < 4.78 is 32.2. The van der Waals surface area contributed by atoms with Crippen LogP contribution in [0.25, 0.3) is 0 Å². The van der Waals surface area contributed by atoms with Crippen molar-refractivity contribution in [2.24, 2.45) is 0 Å². The molecule has 1 heterocycles. The molecule has 2 aromatic rings. The fourth-order valence-electron chi connectivity index (χ4n) is 2.66. The first kappa shape index (κ1) is 18.6. The number of carbonyl (C=O) groups excluding carboxylic acids is 3. The Bertz CT molecular complexity index is 998. The molecule has 0 radical (unpaired) electrons. The summed E-state index contributed by atoms with van der Waals surface area (Å²) in [6.45, 7) is 0. The highest BCUT2D eigenvalue weighted by Gasteiger charge is 2.31. The number of esters is 1. The van der Waals surface area contributed by atoms with Gasteiger partial charge in [0.15, 0.2) is 0 Å². The molecule has 27 heavy (non-hydrogen) atoms. The van der Waals surface area contributed by atoms with Gasteiger partial charge in [0.25, 0.3) is 10.0 Å². The molecular formula is C18H16N2O6S. The van der Waals surface area contributed by atoms with Gasteiger partial charge in [-0.25, -0.2) is 13.2 Å². The molecule has 1 saturated heterocycles. The highest BCUT2D eigenvalue weighted by atomic mass is 32.2. The molecule has 0 spiro atoms. The van der Waals surface area contributed by atoms with E-state index in [1.165, 1.54) is 55.6 Å². The first-order valence-electron chi connectivity index (χ1n) is 7.99. The molecular weight excluding hydrogens is 372 g/mol. The lowest BCUT2D eigenvalue weighted by Crippen LogP contribution is -2.28. The Morgan fingerprint density at radius 2 is 1.67 bits per heavy atom. The van der Waals surface area contributed by atoms with Crippen LogP contribution in [0.4, 0.5) is 11.4 Å². The Kier molecular flexibility index (Phi) is 4.95. The van der Waals surface area contributed by atoms with Crippen LogP contribution in [-0.2, 0) is 24.3 Å². The van der Waals surface area contributed by atoms with Gasteiger partial charge >= 0.3 is 5.97 Å². The second-order valence-electron chi connectivity index (χ2n) is 5.79. The van der Waals surface area contributed by atoms with Crippen molar-refractivity contribution in [3.05, 3.63) is 54.1 Å². The number of benzene rings is 2. The van der Waals surface area contributed by atoms with Gasteiger partial charge in [-0.3, -0.25) is 19.2 Å². The second-order valence-corrected chi connectivity index (χ2v) is 7.48. The van der Waals surface area contributed by atoms with Crippen LogP contribution in [0.1, 0.15) is 23.2 Å². The zero-order chi connectivity index (χ0) is 19.6. The summed E-state index contributed by atoms with van der Waals surface area (Å²) in [7, 11) is -2.70. The molecule has 1 fully saturated rings. The van der Waals surface area contributed by atoms with E-state index in [0.29, 0.717) is 0 Å². The highest BCUT2D eigenvalue weighted by molar-refractivity contribution is 7.92. The summed E-state index contributed by atoms with van der Waals surface area (Å²) in [6, 6.07) is 11.3. The van der Waals surface area contributed by atoms with Gasteiger partial charge in [-0.15, -0.1) is 0 Å². The lowest BCUT2D eigenvalue weighted by atomic mass is 10.2. The molecule has 0 unspecified atom stereocenters. The Morgan fingerprint density at radius 3 is 2.26 bits per heavy atom. The predicted octanol–water partition coefficient (Wildman–Crippen LogP) is 1.93. The summed E-state index contributed by atoms with van der Waals surface area (Å²) in [4.78, 5) is 36.0. The zero-order valence-electron chi connectivity index (χ0n) is 14.3. The van der Waals surface area contributed by atoms with Gasteiger partial charge in [0.05, 0.1) is 23.3 Å². The molecule has 3 rings (SSSR count). The van der Waals surface area contributed by atoms with Gasteiger partial charge in [0.2, 0.25) is 11.8 Å². The number of rotatable bonds is 5. The Balaban J connectivity index is 1.85. The van der Waals surface area contributed by atoms with Gasteiger partial charge in [-0.05, 0) is 42.5 Å². The van der Waals surface area contributed by atoms with Crippen molar-refractivity contribution in [3.63, 3.8) is 0 Å². The number of hydrogen-bond acceptors (Lipinski definition) is 6. The minimum Gasteiger partial charge on any atom is -0.465 e. The fraction of sp³-hybridized carbons (Fsp3) is 0.167. The monoisotopic (exact) mass is 388 g/mol. The van der Waals surface area contributed by atoms with Gasteiger partial charge in [-0.2, -0.15) is 0 Å². The van der Waals surface area contributed by atoms with Crippen molar-refractivity contribution in [1.82, 2.24) is 0 Å². The van der Waals surface area contributed by atoms with E-state index in [9.17, 15) is 22.8 Å². The van der Waals surface area contributed by atoms with Crippen molar-refractivity contribution >= 4 is 39.2 Å². The zero-order valence-corrected chi connectivity index (χ0v) is 15.2. The highest BCUT2D eigenvalue weighted by Crippen LogP contribution is 2.26. The molecule has 0 aliphatic carbocycles. The maximum atomic E-state index is 12.6. The van der Waals surface area contributed by atoms with E-state index in [4.69, 9.17) is 0 Å². The third-order valence-corrected chi connectivity index (χ3v) is 5.37. The van der Waals surface area contributed by atoms with Crippen LogP contribution >= 0.6 is 0 Å². The maximum Gasteiger partial charge on any atom is 0.337 e. The van der Waals surface area contributed by atoms with Crippen molar-refractivity contribution in [2.75, 3.05) is 16.7 Å². The van der Waals surface area contributed by atoms with Gasteiger partial charge in [0, 0.05) is 18.5 Å². The van der Waals surface area contributed by atoms with E-state index in [2.05, 4.69) is 9.46 Å². The van der Waals surface area contributed by atoms with E-state index in [1.807, 2.05) is 0 Å². The molecule has 8 nitrogen and oxygen atoms in total. The minimum absolute atomic E-state index is 0.0930. The summed E-state index contributed by atoms with van der Waals surface area (Å²) in [5, 5.41) is 0. The number of methoxy groups -OCH3 is 1. The van der Waals surface area contributed by atoms with E-state index in [1.54, 1.807) is 0 Å². The van der Waals surface area contributed by atoms with Crippen LogP contribution in [0.3, 0.4) is 0 Å². The number of nitrogens with zero attached hydrogens (tertiary/aromatic N) is 1. The Hall–Kier alpha value is -3.20. The van der Waals surface area contributed by atoms with Crippen LogP contribution in [0, 0.1) is 0 Å². The Labute approximate surface area is 155 Å². The fourth-order valence-corrected chi connectivity index (χ4v) is 3.76. The minimum atomic E-state index is -3.95. The SMILES string of the molecule is COC(=O)c1ccc(NS(=O)(=O)c2cccc(N3C(=O)CCC3=O)c2)cc1. The number of carbonyl (C=O) groups is 3. The standard InChI is InChI=1S/C18H16N2O6S/c1-26-18(23)12-5-7-13(8-6-12)19-27(24,25)15-4-2-3-14(11-15)20-16(21)9-10-17(20)22/h2-8,11,19H,9-10H2,1H3. The second kappa shape index (κ2) is 7.20. The molecule has 2 amide bonds. The first-order chi connectivity index (χ1) is 12.8. The smallest absolute Gasteiger partial charge is 0.337 e. The normalized spacial score (nSPS) is 14.3.